The van der Waals surface area contributed by atoms with Gasteiger partial charge in [-0.25, -0.2) is 14.4 Å². The van der Waals surface area contributed by atoms with E-state index < -0.39 is 0 Å². The van der Waals surface area contributed by atoms with Crippen LogP contribution in [0.25, 0.3) is 0 Å². The molecule has 35 heavy (non-hydrogen) atoms. The van der Waals surface area contributed by atoms with Crippen LogP contribution in [0.3, 0.4) is 0 Å². The zero-order valence-corrected chi connectivity index (χ0v) is 21.2. The normalized spacial score (nSPS) is 16.5. The van der Waals surface area contributed by atoms with Crippen LogP contribution in [0.4, 0.5) is 16.0 Å². The Labute approximate surface area is 208 Å². The Bertz CT molecular complexity index is 1150. The molecule has 6 nitrogen and oxygen atoms in total. The molecule has 1 aromatic carbocycles. The highest BCUT2D eigenvalue weighted by Gasteiger charge is 2.23. The Kier molecular flexibility index (Phi) is 8.06. The van der Waals surface area contributed by atoms with Crippen molar-refractivity contribution < 1.29 is 9.13 Å². The molecule has 0 saturated heterocycles. The van der Waals surface area contributed by atoms with Gasteiger partial charge >= 0.3 is 0 Å². The summed E-state index contributed by atoms with van der Waals surface area (Å²) in [5.41, 5.74) is 6.93. The van der Waals surface area contributed by atoms with Gasteiger partial charge in [0.1, 0.15) is 18.2 Å². The number of hydrogen-bond acceptors (Lipinski definition) is 6. The van der Waals surface area contributed by atoms with Gasteiger partial charge in [0.25, 0.3) is 0 Å². The number of ether oxygens (including phenoxy) is 1. The molecular weight excluding hydrogens is 441 g/mol. The van der Waals surface area contributed by atoms with E-state index in [9.17, 15) is 4.39 Å². The average Bonchev–Trinajstić information content (AvgIpc) is 2.86. The van der Waals surface area contributed by atoms with Crippen molar-refractivity contribution in [1.29, 1.82) is 0 Å². The molecule has 7 heteroatoms. The third-order valence-corrected chi connectivity index (χ3v) is 6.54. The van der Waals surface area contributed by atoms with Crippen molar-refractivity contribution >= 4 is 11.6 Å². The van der Waals surface area contributed by atoms with Gasteiger partial charge in [0, 0.05) is 30.7 Å². The van der Waals surface area contributed by atoms with Gasteiger partial charge in [-0.15, -0.1) is 0 Å². The lowest BCUT2D eigenvalue weighted by molar-refractivity contribution is 0.194. The van der Waals surface area contributed by atoms with Crippen molar-refractivity contribution in [2.45, 2.75) is 59.9 Å². The first-order valence-corrected chi connectivity index (χ1v) is 12.6. The molecule has 2 aliphatic rings. The molecule has 2 aliphatic heterocycles. The van der Waals surface area contributed by atoms with E-state index in [2.05, 4.69) is 46.5 Å². The quantitative estimate of drug-likeness (QED) is 0.471. The van der Waals surface area contributed by atoms with Crippen molar-refractivity contribution in [3.8, 4) is 0 Å². The molecule has 0 radical (unpaired) electrons. The van der Waals surface area contributed by atoms with Crippen molar-refractivity contribution in [3.05, 3.63) is 81.9 Å². The van der Waals surface area contributed by atoms with Crippen molar-refractivity contribution in [1.82, 2.24) is 20.2 Å². The summed E-state index contributed by atoms with van der Waals surface area (Å²) < 4.78 is 20.0. The maximum absolute atomic E-state index is 14.2. The fraction of sp³-hybridized carbons (Fsp3) is 0.429. The number of hydrogen-bond donors (Lipinski definition) is 2. The number of aryl methyl sites for hydroxylation is 1. The Hall–Kier alpha value is -3.35. The summed E-state index contributed by atoms with van der Waals surface area (Å²) in [6, 6.07) is 5.18. The molecule has 2 aromatic rings. The van der Waals surface area contributed by atoms with E-state index in [0.29, 0.717) is 36.8 Å². The summed E-state index contributed by atoms with van der Waals surface area (Å²) in [7, 11) is 0. The predicted molar refractivity (Wildman–Crippen MR) is 139 cm³/mol. The molecule has 2 N–H and O–H groups in total. The van der Waals surface area contributed by atoms with Gasteiger partial charge in [-0.05, 0) is 68.0 Å². The average molecular weight is 478 g/mol. The summed E-state index contributed by atoms with van der Waals surface area (Å²) >= 11 is 0. The summed E-state index contributed by atoms with van der Waals surface area (Å²) in [4.78, 5) is 11.7. The number of fused-ring (bicyclic) bond motifs is 1. The first-order valence-electron chi connectivity index (χ1n) is 12.6. The number of rotatable bonds is 8. The first kappa shape index (κ1) is 24.8. The highest BCUT2D eigenvalue weighted by atomic mass is 19.1. The lowest BCUT2D eigenvalue weighted by atomic mass is 10.0. The fourth-order valence-electron chi connectivity index (χ4n) is 4.54. The molecule has 0 amide bonds. The number of aromatic nitrogens is 2. The summed E-state index contributed by atoms with van der Waals surface area (Å²) in [5.74, 6) is 1.21. The van der Waals surface area contributed by atoms with Gasteiger partial charge in [-0.1, -0.05) is 32.4 Å². The zero-order chi connectivity index (χ0) is 24.8. The molecule has 0 bridgehead atoms. The van der Waals surface area contributed by atoms with Gasteiger partial charge in [0.15, 0.2) is 0 Å². The molecule has 0 atom stereocenters. The van der Waals surface area contributed by atoms with Crippen LogP contribution in [-0.4, -0.2) is 34.6 Å². The molecule has 0 saturated carbocycles. The van der Waals surface area contributed by atoms with Gasteiger partial charge < -0.3 is 20.3 Å². The second-order valence-electron chi connectivity index (χ2n) is 9.03. The van der Waals surface area contributed by atoms with E-state index in [1.165, 1.54) is 17.3 Å². The van der Waals surface area contributed by atoms with Crippen LogP contribution in [0.15, 0.2) is 59.3 Å². The van der Waals surface area contributed by atoms with Crippen LogP contribution in [0, 0.1) is 5.82 Å². The molecule has 186 valence electrons. The van der Waals surface area contributed by atoms with E-state index in [1.807, 2.05) is 26.1 Å². The SMILES string of the molecule is CCC/C=C/C(=C(/C)C1=C(C)OCCN1)N1CCc2cnc(Nc3ccc(CC)c(F)c3)nc2C1. The molecule has 3 heterocycles. The van der Waals surface area contributed by atoms with Crippen LogP contribution in [0.5, 0.6) is 0 Å². The number of benzene rings is 1. The second kappa shape index (κ2) is 11.4. The minimum absolute atomic E-state index is 0.212. The lowest BCUT2D eigenvalue weighted by Gasteiger charge is -2.33. The van der Waals surface area contributed by atoms with Gasteiger partial charge in [0.05, 0.1) is 17.9 Å². The third-order valence-electron chi connectivity index (χ3n) is 6.54. The lowest BCUT2D eigenvalue weighted by Crippen LogP contribution is -2.33. The van der Waals surface area contributed by atoms with E-state index in [4.69, 9.17) is 9.72 Å². The van der Waals surface area contributed by atoms with Crippen LogP contribution < -0.4 is 10.6 Å². The standard InChI is InChI=1S/C28H36FN5O/c1-5-7-8-9-26(19(3)27-20(4)35-15-13-30-27)34-14-12-22-17-31-28(33-25(22)18-34)32-23-11-10-21(6-2)24(29)16-23/h8-11,16-17,30H,5-7,12-15,18H2,1-4H3,(H,31,32,33)/b9-8+,26-19+. The third kappa shape index (κ3) is 5.84. The summed E-state index contributed by atoms with van der Waals surface area (Å²) in [6.07, 6.45) is 10.1. The smallest absolute Gasteiger partial charge is 0.227 e. The molecule has 0 fully saturated rings. The number of halogens is 1. The van der Waals surface area contributed by atoms with Crippen LogP contribution in [-0.2, 0) is 24.1 Å². The molecule has 1 aromatic heterocycles. The summed E-state index contributed by atoms with van der Waals surface area (Å²) in [5, 5.41) is 6.69. The zero-order valence-electron chi connectivity index (χ0n) is 21.2. The van der Waals surface area contributed by atoms with Gasteiger partial charge in [-0.3, -0.25) is 0 Å². The van der Waals surface area contributed by atoms with Crippen LogP contribution >= 0.6 is 0 Å². The maximum atomic E-state index is 14.2. The second-order valence-corrected chi connectivity index (χ2v) is 9.03. The van der Waals surface area contributed by atoms with Crippen molar-refractivity contribution in [3.63, 3.8) is 0 Å². The Morgan fingerprint density at radius 3 is 2.91 bits per heavy atom. The molecular formula is C28H36FN5O. The van der Waals surface area contributed by atoms with Gasteiger partial charge in [-0.2, -0.15) is 0 Å². The molecule has 0 spiro atoms. The van der Waals surface area contributed by atoms with Crippen molar-refractivity contribution in [2.75, 3.05) is 25.0 Å². The Morgan fingerprint density at radius 1 is 1.31 bits per heavy atom. The number of allylic oxidation sites excluding steroid dienone is 4. The maximum Gasteiger partial charge on any atom is 0.227 e. The highest BCUT2D eigenvalue weighted by Crippen LogP contribution is 2.28. The van der Waals surface area contributed by atoms with Gasteiger partial charge in [0.2, 0.25) is 5.95 Å². The number of unbranched alkanes of at least 4 members (excludes halogenated alkanes) is 1. The number of nitrogens with one attached hydrogen (secondary N) is 2. The van der Waals surface area contributed by atoms with E-state index >= 15 is 0 Å². The predicted octanol–water partition coefficient (Wildman–Crippen LogP) is 5.76. The van der Waals surface area contributed by atoms with E-state index in [1.54, 1.807) is 6.07 Å². The molecule has 0 aliphatic carbocycles. The Balaban J connectivity index is 1.60. The largest absolute Gasteiger partial charge is 0.494 e. The van der Waals surface area contributed by atoms with Crippen LogP contribution in [0.1, 0.15) is 57.4 Å². The molecule has 4 rings (SSSR count). The number of nitrogens with zero attached hydrogens (tertiary/aromatic N) is 3. The number of anilines is 2. The van der Waals surface area contributed by atoms with Crippen molar-refractivity contribution in [2.24, 2.45) is 0 Å². The monoisotopic (exact) mass is 477 g/mol. The molecule has 0 unspecified atom stereocenters. The topological polar surface area (TPSA) is 62.3 Å². The summed E-state index contributed by atoms with van der Waals surface area (Å²) in [6.45, 7) is 11.4. The minimum atomic E-state index is -0.212. The minimum Gasteiger partial charge on any atom is -0.494 e. The fourth-order valence-corrected chi connectivity index (χ4v) is 4.54. The van der Waals surface area contributed by atoms with E-state index in [-0.39, 0.29) is 5.82 Å². The Morgan fingerprint density at radius 2 is 2.17 bits per heavy atom. The first-order chi connectivity index (χ1) is 17.0. The van der Waals surface area contributed by atoms with Crippen LogP contribution in [0.2, 0.25) is 0 Å². The van der Waals surface area contributed by atoms with E-state index in [0.717, 1.165) is 55.1 Å². The highest BCUT2D eigenvalue weighted by molar-refractivity contribution is 5.54.